The number of rotatable bonds is 3. The summed E-state index contributed by atoms with van der Waals surface area (Å²) in [6, 6.07) is 1.74. The zero-order chi connectivity index (χ0) is 14.1. The fourth-order valence-corrected chi connectivity index (χ4v) is 2.63. The van der Waals surface area contributed by atoms with Crippen LogP contribution in [0.5, 0.6) is 0 Å². The van der Waals surface area contributed by atoms with Crippen molar-refractivity contribution in [2.24, 2.45) is 5.73 Å². The number of urea groups is 1. The van der Waals surface area contributed by atoms with Crippen molar-refractivity contribution in [3.05, 3.63) is 33.9 Å². The molecular weight excluding hydrogens is 224 g/mol. The minimum atomic E-state index is -0.470. The zero-order valence-electron chi connectivity index (χ0n) is 12.3. The van der Waals surface area contributed by atoms with E-state index in [0.717, 1.165) is 0 Å². The van der Waals surface area contributed by atoms with Crippen LogP contribution in [0.15, 0.2) is 6.07 Å². The molecule has 18 heavy (non-hydrogen) atoms. The van der Waals surface area contributed by atoms with Gasteiger partial charge in [-0.3, -0.25) is 0 Å². The molecule has 0 saturated carbocycles. The van der Waals surface area contributed by atoms with Gasteiger partial charge in [0.2, 0.25) is 0 Å². The molecule has 0 aliphatic heterocycles. The number of carbonyl (C=O) groups excluding carboxylic acids is 1. The second-order valence-corrected chi connectivity index (χ2v) is 5.74. The van der Waals surface area contributed by atoms with E-state index in [2.05, 4.69) is 52.9 Å². The number of hydrogen-bond donors (Lipinski definition) is 2. The van der Waals surface area contributed by atoms with Gasteiger partial charge in [-0.15, -0.1) is 0 Å². The summed E-state index contributed by atoms with van der Waals surface area (Å²) in [5, 5.41) is 2.72. The number of nitrogens with two attached hydrogens (primary N) is 1. The minimum Gasteiger partial charge on any atom is -0.352 e. The summed E-state index contributed by atoms with van der Waals surface area (Å²) in [5.41, 5.74) is 11.5. The van der Waals surface area contributed by atoms with Gasteiger partial charge in [-0.25, -0.2) is 4.79 Å². The largest absolute Gasteiger partial charge is 0.352 e. The van der Waals surface area contributed by atoms with Crippen LogP contribution in [0, 0.1) is 27.7 Å². The van der Waals surface area contributed by atoms with Crippen LogP contribution < -0.4 is 11.1 Å². The quantitative estimate of drug-likeness (QED) is 0.849. The molecular formula is C15H24N2O. The molecule has 0 radical (unpaired) electrons. The fourth-order valence-electron chi connectivity index (χ4n) is 2.63. The lowest BCUT2D eigenvalue weighted by Crippen LogP contribution is -2.40. The van der Waals surface area contributed by atoms with Crippen LogP contribution in [0.25, 0.3) is 0 Å². The number of primary amides is 1. The molecule has 0 aliphatic rings. The summed E-state index contributed by atoms with van der Waals surface area (Å²) in [7, 11) is 0. The second kappa shape index (κ2) is 5.01. The van der Waals surface area contributed by atoms with Crippen molar-refractivity contribution >= 4 is 6.03 Å². The number of nitrogens with one attached hydrogen (secondary N) is 1. The first kappa shape index (κ1) is 14.6. The van der Waals surface area contributed by atoms with Crippen molar-refractivity contribution in [1.82, 2.24) is 5.32 Å². The summed E-state index contributed by atoms with van der Waals surface area (Å²) in [4.78, 5) is 10.9. The zero-order valence-corrected chi connectivity index (χ0v) is 12.3. The Bertz CT molecular complexity index is 450. The van der Waals surface area contributed by atoms with Gasteiger partial charge in [-0.2, -0.15) is 0 Å². The lowest BCUT2D eigenvalue weighted by atomic mass is 9.77. The van der Waals surface area contributed by atoms with Crippen LogP contribution >= 0.6 is 0 Å². The first-order chi connectivity index (χ1) is 8.16. The van der Waals surface area contributed by atoms with E-state index in [-0.39, 0.29) is 5.41 Å². The van der Waals surface area contributed by atoms with Gasteiger partial charge in [-0.05, 0) is 55.5 Å². The third kappa shape index (κ3) is 2.84. The number of carbonyl (C=O) groups is 1. The molecule has 0 aromatic heterocycles. The molecule has 3 heteroatoms. The highest BCUT2D eigenvalue weighted by Gasteiger charge is 2.26. The van der Waals surface area contributed by atoms with Crippen LogP contribution in [-0.2, 0) is 5.41 Å². The molecule has 1 aromatic carbocycles. The van der Waals surface area contributed by atoms with E-state index >= 15 is 0 Å². The number of benzene rings is 1. The van der Waals surface area contributed by atoms with Crippen molar-refractivity contribution < 1.29 is 4.79 Å². The smallest absolute Gasteiger partial charge is 0.312 e. The predicted molar refractivity (Wildman–Crippen MR) is 76.0 cm³/mol. The van der Waals surface area contributed by atoms with E-state index in [4.69, 9.17) is 5.73 Å². The van der Waals surface area contributed by atoms with E-state index in [1.54, 1.807) is 0 Å². The van der Waals surface area contributed by atoms with Crippen LogP contribution in [0.4, 0.5) is 4.79 Å². The van der Waals surface area contributed by atoms with E-state index < -0.39 is 6.03 Å². The summed E-state index contributed by atoms with van der Waals surface area (Å²) in [6.45, 7) is 13.4. The molecule has 0 saturated heterocycles. The molecule has 100 valence electrons. The van der Waals surface area contributed by atoms with Crippen LogP contribution in [0.1, 0.15) is 41.7 Å². The maximum absolute atomic E-state index is 10.9. The Balaban J connectivity index is 3.26. The maximum Gasteiger partial charge on any atom is 0.312 e. The van der Waals surface area contributed by atoms with Crippen molar-refractivity contribution in [2.45, 2.75) is 47.0 Å². The standard InChI is InChI=1S/C15H24N2O/c1-9-7-10(2)12(4)13(11(9)3)15(5,6)8-17-14(16)18/h7H,8H2,1-6H3,(H3,16,17,18). The van der Waals surface area contributed by atoms with Crippen molar-refractivity contribution in [1.29, 1.82) is 0 Å². The second-order valence-electron chi connectivity index (χ2n) is 5.74. The molecule has 0 unspecified atom stereocenters. The van der Waals surface area contributed by atoms with Gasteiger partial charge >= 0.3 is 6.03 Å². The lowest BCUT2D eigenvalue weighted by Gasteiger charge is -2.30. The van der Waals surface area contributed by atoms with Gasteiger partial charge in [-0.1, -0.05) is 19.9 Å². The van der Waals surface area contributed by atoms with Gasteiger partial charge < -0.3 is 11.1 Å². The molecule has 1 rings (SSSR count). The lowest BCUT2D eigenvalue weighted by molar-refractivity contribution is 0.246. The molecule has 2 amide bonds. The van der Waals surface area contributed by atoms with Gasteiger partial charge in [0.05, 0.1) is 0 Å². The summed E-state index contributed by atoms with van der Waals surface area (Å²) in [5.74, 6) is 0. The van der Waals surface area contributed by atoms with Gasteiger partial charge in [0.25, 0.3) is 0 Å². The van der Waals surface area contributed by atoms with Crippen molar-refractivity contribution in [3.8, 4) is 0 Å². The van der Waals surface area contributed by atoms with Crippen LogP contribution in [0.3, 0.4) is 0 Å². The average molecular weight is 248 g/mol. The SMILES string of the molecule is Cc1cc(C)c(C)c(C(C)(C)CNC(N)=O)c1C. The summed E-state index contributed by atoms with van der Waals surface area (Å²) < 4.78 is 0. The first-order valence-corrected chi connectivity index (χ1v) is 6.28. The van der Waals surface area contributed by atoms with Gasteiger partial charge in [0, 0.05) is 12.0 Å². The van der Waals surface area contributed by atoms with E-state index in [1.165, 1.54) is 27.8 Å². The molecule has 0 heterocycles. The first-order valence-electron chi connectivity index (χ1n) is 6.28. The van der Waals surface area contributed by atoms with Crippen LogP contribution in [0.2, 0.25) is 0 Å². The fraction of sp³-hybridized carbons (Fsp3) is 0.533. The molecule has 0 fully saturated rings. The molecule has 0 spiro atoms. The molecule has 0 atom stereocenters. The minimum absolute atomic E-state index is 0.125. The highest BCUT2D eigenvalue weighted by molar-refractivity contribution is 5.71. The third-order valence-electron chi connectivity index (χ3n) is 3.75. The molecule has 0 aliphatic carbocycles. The third-order valence-corrected chi connectivity index (χ3v) is 3.75. The van der Waals surface area contributed by atoms with Crippen LogP contribution in [-0.4, -0.2) is 12.6 Å². The number of aryl methyl sites for hydroxylation is 2. The van der Waals surface area contributed by atoms with Crippen molar-refractivity contribution in [2.75, 3.05) is 6.54 Å². The number of amides is 2. The highest BCUT2D eigenvalue weighted by Crippen LogP contribution is 2.32. The monoisotopic (exact) mass is 248 g/mol. The molecule has 1 aromatic rings. The van der Waals surface area contributed by atoms with Gasteiger partial charge in [0.1, 0.15) is 0 Å². The Morgan fingerprint density at radius 2 is 1.61 bits per heavy atom. The molecule has 3 nitrogen and oxygen atoms in total. The molecule has 3 N–H and O–H groups in total. The Hall–Kier alpha value is -1.51. The molecule has 0 bridgehead atoms. The van der Waals surface area contributed by atoms with Gasteiger partial charge in [0.15, 0.2) is 0 Å². The maximum atomic E-state index is 10.9. The van der Waals surface area contributed by atoms with E-state index in [0.29, 0.717) is 6.54 Å². The predicted octanol–water partition coefficient (Wildman–Crippen LogP) is 2.87. The summed E-state index contributed by atoms with van der Waals surface area (Å²) in [6.07, 6.45) is 0. The Kier molecular flexibility index (Phi) is 4.05. The Morgan fingerprint density at radius 1 is 1.17 bits per heavy atom. The Morgan fingerprint density at radius 3 is 2.00 bits per heavy atom. The highest BCUT2D eigenvalue weighted by atomic mass is 16.2. The number of hydrogen-bond acceptors (Lipinski definition) is 1. The summed E-state index contributed by atoms with van der Waals surface area (Å²) >= 11 is 0. The Labute approximate surface area is 110 Å². The van der Waals surface area contributed by atoms with E-state index in [9.17, 15) is 4.79 Å². The van der Waals surface area contributed by atoms with Crippen molar-refractivity contribution in [3.63, 3.8) is 0 Å². The van der Waals surface area contributed by atoms with E-state index in [1.807, 2.05) is 0 Å². The topological polar surface area (TPSA) is 55.1 Å². The normalized spacial score (nSPS) is 11.4. The average Bonchev–Trinajstić information content (AvgIpc) is 2.24.